The normalized spacial score (nSPS) is 14.9. The van der Waals surface area contributed by atoms with E-state index >= 15 is 0 Å². The highest BCUT2D eigenvalue weighted by Gasteiger charge is 2.22. The predicted molar refractivity (Wildman–Crippen MR) is 114 cm³/mol. The van der Waals surface area contributed by atoms with Crippen molar-refractivity contribution in [3.8, 4) is 0 Å². The molecule has 0 spiro atoms. The number of amides is 3. The van der Waals surface area contributed by atoms with Gasteiger partial charge in [0, 0.05) is 47.1 Å². The third-order valence-corrected chi connectivity index (χ3v) is 5.31. The van der Waals surface area contributed by atoms with Gasteiger partial charge in [0.1, 0.15) is 0 Å². The minimum Gasteiger partial charge on any atom is -0.348 e. The molecule has 0 saturated carbocycles. The Morgan fingerprint density at radius 1 is 1.10 bits per heavy atom. The zero-order valence-electron chi connectivity index (χ0n) is 15.6. The number of aromatic nitrogens is 2. The van der Waals surface area contributed by atoms with Gasteiger partial charge in [-0.3, -0.25) is 4.79 Å². The van der Waals surface area contributed by atoms with Gasteiger partial charge in [-0.15, -0.1) is 0 Å². The van der Waals surface area contributed by atoms with Gasteiger partial charge in [-0.05, 0) is 42.0 Å². The van der Waals surface area contributed by atoms with E-state index in [9.17, 15) is 9.59 Å². The summed E-state index contributed by atoms with van der Waals surface area (Å²) in [5, 5.41) is 8.71. The fourth-order valence-electron chi connectivity index (χ4n) is 3.28. The van der Waals surface area contributed by atoms with Gasteiger partial charge < -0.3 is 20.5 Å². The van der Waals surface area contributed by atoms with Crippen molar-refractivity contribution < 1.29 is 9.59 Å². The number of carbonyl (C=O) groups excluding carboxylic acids is 2. The standard InChI is InChI=1S/C21H20BrN5O2/c22-16-5-3-15(4-6-16)20(28)24-10-14-1-7-17(8-2-14)25-21(29)26-18-9-19-11-23-13-27(19)12-18/h1-8,11,13,18H,9-10,12H2,(H,24,28)(H2,25,26,29). The first-order chi connectivity index (χ1) is 14.1. The van der Waals surface area contributed by atoms with Gasteiger partial charge in [-0.25, -0.2) is 9.78 Å². The monoisotopic (exact) mass is 453 g/mol. The molecule has 8 heteroatoms. The summed E-state index contributed by atoms with van der Waals surface area (Å²) in [6, 6.07) is 14.4. The Labute approximate surface area is 176 Å². The van der Waals surface area contributed by atoms with Gasteiger partial charge in [-0.1, -0.05) is 28.1 Å². The Kier molecular flexibility index (Phi) is 5.62. The molecule has 7 nitrogen and oxygen atoms in total. The zero-order chi connectivity index (χ0) is 20.2. The number of halogens is 1. The molecule has 3 aromatic rings. The lowest BCUT2D eigenvalue weighted by molar-refractivity contribution is 0.0951. The summed E-state index contributed by atoms with van der Waals surface area (Å²) in [5.41, 5.74) is 3.39. The van der Waals surface area contributed by atoms with Crippen LogP contribution >= 0.6 is 15.9 Å². The van der Waals surface area contributed by atoms with E-state index in [0.29, 0.717) is 17.8 Å². The predicted octanol–water partition coefficient (Wildman–Crippen LogP) is 3.32. The number of nitrogens with one attached hydrogen (secondary N) is 3. The first-order valence-corrected chi connectivity index (χ1v) is 10.1. The van der Waals surface area contributed by atoms with Gasteiger partial charge in [0.15, 0.2) is 0 Å². The van der Waals surface area contributed by atoms with Gasteiger partial charge in [-0.2, -0.15) is 0 Å². The number of anilines is 1. The van der Waals surface area contributed by atoms with Crippen LogP contribution in [0.1, 0.15) is 21.6 Å². The summed E-state index contributed by atoms with van der Waals surface area (Å²) in [6.45, 7) is 1.15. The topological polar surface area (TPSA) is 88.1 Å². The molecule has 0 fully saturated rings. The molecule has 1 aliphatic rings. The summed E-state index contributed by atoms with van der Waals surface area (Å²) in [6.07, 6.45) is 4.39. The average molecular weight is 454 g/mol. The summed E-state index contributed by atoms with van der Waals surface area (Å²) < 4.78 is 2.97. The van der Waals surface area contributed by atoms with E-state index in [1.165, 1.54) is 0 Å². The summed E-state index contributed by atoms with van der Waals surface area (Å²) in [5.74, 6) is -0.128. The molecule has 1 atom stereocenters. The van der Waals surface area contributed by atoms with Gasteiger partial charge >= 0.3 is 6.03 Å². The number of carbonyl (C=O) groups is 2. The summed E-state index contributed by atoms with van der Waals surface area (Å²) in [7, 11) is 0. The maximum absolute atomic E-state index is 12.2. The maximum atomic E-state index is 12.2. The van der Waals surface area contributed by atoms with Crippen LogP contribution in [0, 0.1) is 0 Å². The van der Waals surface area contributed by atoms with E-state index in [1.54, 1.807) is 18.5 Å². The Morgan fingerprint density at radius 3 is 2.59 bits per heavy atom. The molecule has 4 rings (SSSR count). The molecule has 1 aliphatic heterocycles. The van der Waals surface area contributed by atoms with Crippen molar-refractivity contribution in [3.05, 3.63) is 82.3 Å². The van der Waals surface area contributed by atoms with Crippen molar-refractivity contribution in [2.24, 2.45) is 0 Å². The molecular formula is C21H20BrN5O2. The highest BCUT2D eigenvalue weighted by molar-refractivity contribution is 9.10. The first-order valence-electron chi connectivity index (χ1n) is 9.26. The van der Waals surface area contributed by atoms with E-state index in [0.717, 1.165) is 28.7 Å². The van der Waals surface area contributed by atoms with Crippen LogP contribution in [0.15, 0.2) is 65.5 Å². The highest BCUT2D eigenvalue weighted by atomic mass is 79.9. The molecule has 148 valence electrons. The second kappa shape index (κ2) is 8.48. The number of urea groups is 1. The van der Waals surface area contributed by atoms with Crippen LogP contribution in [0.5, 0.6) is 0 Å². The van der Waals surface area contributed by atoms with Gasteiger partial charge in [0.25, 0.3) is 5.91 Å². The molecular weight excluding hydrogens is 434 g/mol. The molecule has 3 amide bonds. The van der Waals surface area contributed by atoms with Crippen molar-refractivity contribution in [3.63, 3.8) is 0 Å². The molecule has 0 bridgehead atoms. The lowest BCUT2D eigenvalue weighted by atomic mass is 10.2. The average Bonchev–Trinajstić information content (AvgIpc) is 3.29. The molecule has 2 aromatic carbocycles. The number of rotatable bonds is 5. The van der Waals surface area contributed by atoms with Crippen LogP contribution in [-0.2, 0) is 19.5 Å². The van der Waals surface area contributed by atoms with E-state index in [-0.39, 0.29) is 18.0 Å². The van der Waals surface area contributed by atoms with Crippen molar-refractivity contribution in [2.45, 2.75) is 25.6 Å². The number of hydrogen-bond donors (Lipinski definition) is 3. The van der Waals surface area contributed by atoms with Gasteiger partial charge in [0.05, 0.1) is 12.4 Å². The summed E-state index contributed by atoms with van der Waals surface area (Å²) in [4.78, 5) is 28.5. The Morgan fingerprint density at radius 2 is 1.86 bits per heavy atom. The Bertz CT molecular complexity index is 994. The minimum atomic E-state index is -0.231. The number of fused-ring (bicyclic) bond motifs is 1. The summed E-state index contributed by atoms with van der Waals surface area (Å²) >= 11 is 3.35. The third-order valence-electron chi connectivity index (χ3n) is 4.78. The lowest BCUT2D eigenvalue weighted by Gasteiger charge is -2.13. The SMILES string of the molecule is O=C(Nc1ccc(CNC(=O)c2ccc(Br)cc2)cc1)NC1Cc2cncn2C1. The number of imidazole rings is 1. The van der Waals surface area contributed by atoms with Crippen LogP contribution < -0.4 is 16.0 Å². The quantitative estimate of drug-likeness (QED) is 0.553. The van der Waals surface area contributed by atoms with Crippen molar-refractivity contribution >= 4 is 33.6 Å². The molecule has 0 aliphatic carbocycles. The molecule has 3 N–H and O–H groups in total. The van der Waals surface area contributed by atoms with Crippen molar-refractivity contribution in [2.75, 3.05) is 5.32 Å². The fourth-order valence-corrected chi connectivity index (χ4v) is 3.54. The van der Waals surface area contributed by atoms with Crippen LogP contribution in [0.2, 0.25) is 0 Å². The van der Waals surface area contributed by atoms with E-state index in [4.69, 9.17) is 0 Å². The van der Waals surface area contributed by atoms with Crippen LogP contribution in [-0.4, -0.2) is 27.5 Å². The van der Waals surface area contributed by atoms with Crippen LogP contribution in [0.25, 0.3) is 0 Å². The lowest BCUT2D eigenvalue weighted by Crippen LogP contribution is -2.38. The molecule has 2 heterocycles. The van der Waals surface area contributed by atoms with Crippen LogP contribution in [0.3, 0.4) is 0 Å². The molecule has 1 unspecified atom stereocenters. The van der Waals surface area contributed by atoms with E-state index < -0.39 is 0 Å². The largest absolute Gasteiger partial charge is 0.348 e. The van der Waals surface area contributed by atoms with E-state index in [1.807, 2.05) is 47.2 Å². The number of nitrogens with zero attached hydrogens (tertiary/aromatic N) is 2. The highest BCUT2D eigenvalue weighted by Crippen LogP contribution is 2.15. The molecule has 0 saturated heterocycles. The molecule has 0 radical (unpaired) electrons. The molecule has 1 aromatic heterocycles. The second-order valence-electron chi connectivity index (χ2n) is 6.92. The number of benzene rings is 2. The van der Waals surface area contributed by atoms with Crippen LogP contribution in [0.4, 0.5) is 10.5 Å². The van der Waals surface area contributed by atoms with Gasteiger partial charge in [0.2, 0.25) is 0 Å². The Hall–Kier alpha value is -3.13. The van der Waals surface area contributed by atoms with E-state index in [2.05, 4.69) is 36.9 Å². The fraction of sp³-hybridized carbons (Fsp3) is 0.190. The number of hydrogen-bond acceptors (Lipinski definition) is 3. The van der Waals surface area contributed by atoms with Crippen molar-refractivity contribution in [1.29, 1.82) is 0 Å². The first kappa shape index (κ1) is 19.2. The minimum absolute atomic E-state index is 0.0705. The molecule has 29 heavy (non-hydrogen) atoms. The van der Waals surface area contributed by atoms with Crippen molar-refractivity contribution in [1.82, 2.24) is 20.2 Å². The zero-order valence-corrected chi connectivity index (χ0v) is 17.1. The Balaban J connectivity index is 1.24. The maximum Gasteiger partial charge on any atom is 0.319 e. The smallest absolute Gasteiger partial charge is 0.319 e. The second-order valence-corrected chi connectivity index (χ2v) is 7.84. The third kappa shape index (κ3) is 4.83.